The van der Waals surface area contributed by atoms with E-state index in [1.54, 1.807) is 0 Å². The molecule has 0 aliphatic heterocycles. The van der Waals surface area contributed by atoms with Gasteiger partial charge in [0.2, 0.25) is 0 Å². The number of hydrogen-bond donors (Lipinski definition) is 8. The van der Waals surface area contributed by atoms with Gasteiger partial charge in [-0.1, -0.05) is 0 Å². The average molecular weight is 921 g/mol. The molecule has 0 bridgehead atoms. The molecule has 0 unspecified atom stereocenters. The number of benzene rings is 5. The molecule has 0 spiro atoms. The van der Waals surface area contributed by atoms with Crippen molar-refractivity contribution in [2.75, 3.05) is 12.8 Å². The fourth-order valence-corrected chi connectivity index (χ4v) is 8.80. The fraction of sp³-hybridized carbons (Fsp3) is 0.0370. The van der Waals surface area contributed by atoms with Crippen molar-refractivity contribution in [1.29, 1.82) is 0 Å². The molecule has 0 radical (unpaired) electrons. The number of phenolic OH excluding ortho intramolecular Hbond substituents is 2. The van der Waals surface area contributed by atoms with Crippen LogP contribution in [0.3, 0.4) is 0 Å². The van der Waals surface area contributed by atoms with Crippen LogP contribution in [0.5, 0.6) is 11.5 Å². The summed E-state index contributed by atoms with van der Waals surface area (Å²) in [6.07, 6.45) is 0. The van der Waals surface area contributed by atoms with E-state index in [0.717, 1.165) is 19.2 Å². The topological polar surface area (TPSA) is 456 Å². The summed E-state index contributed by atoms with van der Waals surface area (Å²) in [5, 5.41) is 50.7. The van der Waals surface area contributed by atoms with Crippen molar-refractivity contribution in [3.05, 3.63) is 58.6 Å². The van der Waals surface area contributed by atoms with E-state index in [9.17, 15) is 85.2 Å². The zero-order valence-corrected chi connectivity index (χ0v) is 32.5. The number of anilines is 1. The van der Waals surface area contributed by atoms with Crippen LogP contribution in [0.25, 0.3) is 21.5 Å². The van der Waals surface area contributed by atoms with Gasteiger partial charge in [-0.3, -0.25) is 32.9 Å². The maximum atomic E-state index is 12.7. The fourth-order valence-electron chi connectivity index (χ4n) is 5.34. The minimum Gasteiger partial charge on any atom is -0.505 e. The first-order chi connectivity index (χ1) is 27.0. The molecule has 0 aliphatic carbocycles. The number of nitro groups is 1. The number of aromatic hydroxyl groups is 2. The Labute approximate surface area is 328 Å². The Kier molecular flexibility index (Phi) is 11.1. The lowest BCUT2D eigenvalue weighted by molar-refractivity contribution is -0.385. The zero-order chi connectivity index (χ0) is 44.4. The molecule has 0 fully saturated rings. The lowest BCUT2D eigenvalue weighted by atomic mass is 10.0. The number of nitrogens with two attached hydrogens (primary N) is 1. The molecule has 312 valence electrons. The van der Waals surface area contributed by atoms with Crippen molar-refractivity contribution in [3.8, 4) is 11.5 Å². The van der Waals surface area contributed by atoms with Gasteiger partial charge in [0.1, 0.15) is 52.9 Å². The number of phenols is 2. The molecule has 9 N–H and O–H groups in total. The number of hydrogen-bond acceptors (Lipinski definition) is 21. The lowest BCUT2D eigenvalue weighted by Gasteiger charge is -2.15. The van der Waals surface area contributed by atoms with Crippen LogP contribution in [0.2, 0.25) is 0 Å². The number of nitrogens with zero attached hydrogens (tertiary/aromatic N) is 7. The molecule has 27 nitrogen and oxygen atoms in total. The third-order valence-corrected chi connectivity index (χ3v) is 12.2. The normalized spacial score (nSPS) is 13.4. The molecule has 0 atom stereocenters. The third-order valence-electron chi connectivity index (χ3n) is 7.73. The quantitative estimate of drug-likeness (QED) is 0.0293. The van der Waals surface area contributed by atoms with Gasteiger partial charge in [-0.25, -0.2) is 0 Å². The Bertz CT molecular complexity index is 3370. The highest BCUT2D eigenvalue weighted by Crippen LogP contribution is 2.49. The second kappa shape index (κ2) is 14.9. The smallest absolute Gasteiger partial charge is 0.297 e. The van der Waals surface area contributed by atoms with E-state index in [2.05, 4.69) is 30.7 Å². The summed E-state index contributed by atoms with van der Waals surface area (Å²) in [6, 6.07) is 4.46. The van der Waals surface area contributed by atoms with Gasteiger partial charge in [0.05, 0.1) is 16.0 Å². The van der Waals surface area contributed by atoms with E-state index >= 15 is 0 Å². The molecule has 5 aromatic carbocycles. The Balaban J connectivity index is 1.85. The van der Waals surface area contributed by atoms with Crippen molar-refractivity contribution in [3.63, 3.8) is 0 Å². The summed E-state index contributed by atoms with van der Waals surface area (Å²) >= 11 is 0. The van der Waals surface area contributed by atoms with Crippen LogP contribution < -0.4 is 5.73 Å². The molecular weight excluding hydrogens is 901 g/mol. The minimum atomic E-state index is -5.59. The van der Waals surface area contributed by atoms with Gasteiger partial charge in [-0.15, -0.1) is 20.5 Å². The van der Waals surface area contributed by atoms with Crippen LogP contribution in [0.1, 0.15) is 0 Å². The maximum absolute atomic E-state index is 12.7. The van der Waals surface area contributed by atoms with Gasteiger partial charge >= 0.3 is 0 Å². The summed E-state index contributed by atoms with van der Waals surface area (Å²) in [4.78, 5) is 3.58. The predicted octanol–water partition coefficient (Wildman–Crippen LogP) is 4.67. The van der Waals surface area contributed by atoms with Gasteiger partial charge in [-0.2, -0.15) is 52.3 Å². The number of fused-ring (bicyclic) bond motifs is 2. The summed E-state index contributed by atoms with van der Waals surface area (Å²) in [5.74, 6) is -2.55. The number of azo groups is 3. The highest BCUT2D eigenvalue weighted by atomic mass is 32.2. The maximum Gasteiger partial charge on any atom is 0.297 e. The molecule has 59 heavy (non-hydrogen) atoms. The predicted molar refractivity (Wildman–Crippen MR) is 197 cm³/mol. The summed E-state index contributed by atoms with van der Waals surface area (Å²) < 4.78 is 173. The Hall–Kier alpha value is -6.23. The largest absolute Gasteiger partial charge is 0.505 e. The van der Waals surface area contributed by atoms with E-state index in [-0.39, 0.29) is 0 Å². The van der Waals surface area contributed by atoms with Crippen LogP contribution in [0.4, 0.5) is 39.8 Å². The van der Waals surface area contributed by atoms with E-state index < -0.39 is 153 Å². The van der Waals surface area contributed by atoms with Gasteiger partial charge in [-0.05, 0) is 36.4 Å². The van der Waals surface area contributed by atoms with Gasteiger partial charge in [0, 0.05) is 35.3 Å². The summed E-state index contributed by atoms with van der Waals surface area (Å²) in [7, 11) is -26.2. The molecule has 5 aromatic rings. The van der Waals surface area contributed by atoms with Crippen LogP contribution in [-0.4, -0.2) is 87.0 Å². The van der Waals surface area contributed by atoms with E-state index in [4.69, 9.17) is 5.73 Å². The minimum absolute atomic E-state index is 0.296. The molecule has 0 aromatic heterocycles. The number of rotatable bonds is 11. The molecule has 0 saturated carbocycles. The van der Waals surface area contributed by atoms with Crippen molar-refractivity contribution in [2.24, 2.45) is 30.7 Å². The molecule has 0 aliphatic rings. The van der Waals surface area contributed by atoms with Crippen molar-refractivity contribution in [1.82, 2.24) is 0 Å². The molecule has 32 heteroatoms. The summed E-state index contributed by atoms with van der Waals surface area (Å²) in [5.41, 5.74) is -0.538. The van der Waals surface area contributed by atoms with Crippen LogP contribution in [0, 0.1) is 10.1 Å². The van der Waals surface area contributed by atoms with Crippen LogP contribution in [0.15, 0.2) is 104 Å². The first-order valence-corrected chi connectivity index (χ1v) is 21.9. The van der Waals surface area contributed by atoms with Crippen LogP contribution in [-0.2, 0) is 50.6 Å². The lowest BCUT2D eigenvalue weighted by Crippen LogP contribution is -2.04. The standard InChI is InChI=1S/C27H20N8O19S5/c1-29-33-23-19(57(46,47)48)7-12-11(25(23)36)3-5-15(27(12)59(52,53)54)31-32-16-9-17(55(40,41)42)13-8-20(58(49,50)51)24(26(37)21(13)22(16)28)34-30-14-4-2-10(35(38)39)6-18(14)56(43,44)45/h2-9,36-37H,28H2,1H3,(H,40,41,42)(H,43,44,45)(H,46,47,48)(H,49,50,51)(H,52,53,54). The third kappa shape index (κ3) is 8.51. The highest BCUT2D eigenvalue weighted by Gasteiger charge is 2.31. The Morgan fingerprint density at radius 1 is 0.542 bits per heavy atom. The first-order valence-electron chi connectivity index (χ1n) is 14.7. The van der Waals surface area contributed by atoms with E-state index in [1.807, 2.05) is 0 Å². The first kappa shape index (κ1) is 43.9. The Morgan fingerprint density at radius 2 is 1.03 bits per heavy atom. The SMILES string of the molecule is CN=Nc1c(S(=O)(=O)O)cc2c(S(=O)(=O)O)c(N=Nc3cc(S(=O)(=O)O)c4cc(S(=O)(=O)O)c(N=Nc5ccc([N+](=O)[O-])cc5S(=O)(=O)O)c(O)c4c3N)ccc2c1O. The molecule has 0 saturated heterocycles. The number of nitrogen functional groups attached to an aromatic ring is 1. The van der Waals surface area contributed by atoms with Gasteiger partial charge in [0.15, 0.2) is 11.5 Å². The van der Waals surface area contributed by atoms with Crippen LogP contribution >= 0.6 is 0 Å². The Morgan fingerprint density at radius 3 is 1.54 bits per heavy atom. The number of non-ortho nitro benzene ring substituents is 1. The van der Waals surface area contributed by atoms with Crippen molar-refractivity contribution >= 4 is 112 Å². The van der Waals surface area contributed by atoms with E-state index in [1.165, 1.54) is 0 Å². The highest BCUT2D eigenvalue weighted by molar-refractivity contribution is 7.87. The second-order valence-electron chi connectivity index (χ2n) is 11.4. The molecular formula is C27H20N8O19S5. The van der Waals surface area contributed by atoms with E-state index in [0.29, 0.717) is 36.4 Å². The second-order valence-corrected chi connectivity index (χ2v) is 18.3. The zero-order valence-electron chi connectivity index (χ0n) is 28.4. The van der Waals surface area contributed by atoms with Crippen molar-refractivity contribution < 1.29 is 80.0 Å². The molecule has 0 heterocycles. The monoisotopic (exact) mass is 920 g/mol. The van der Waals surface area contributed by atoms with Crippen molar-refractivity contribution in [2.45, 2.75) is 24.5 Å². The molecule has 5 rings (SSSR count). The van der Waals surface area contributed by atoms with Gasteiger partial charge < -0.3 is 15.9 Å². The molecule has 0 amide bonds. The summed E-state index contributed by atoms with van der Waals surface area (Å²) in [6.45, 7) is 0. The van der Waals surface area contributed by atoms with Gasteiger partial charge in [0.25, 0.3) is 56.3 Å². The average Bonchev–Trinajstić information content (AvgIpc) is 3.09. The number of nitro benzene ring substituents is 1.